The molecule has 0 aliphatic carbocycles. The van der Waals surface area contributed by atoms with E-state index in [-0.39, 0.29) is 0 Å². The summed E-state index contributed by atoms with van der Waals surface area (Å²) in [6, 6.07) is 6.31. The minimum Gasteiger partial charge on any atom is -0.491 e. The van der Waals surface area contributed by atoms with Gasteiger partial charge in [0.25, 0.3) is 0 Å². The van der Waals surface area contributed by atoms with Gasteiger partial charge >= 0.3 is 0 Å². The number of rotatable bonds is 6. The zero-order valence-electron chi connectivity index (χ0n) is 15.4. The molecule has 2 aliphatic heterocycles. The average molecular weight is 384 g/mol. The molecule has 0 radical (unpaired) electrons. The summed E-state index contributed by atoms with van der Waals surface area (Å²) in [6.07, 6.45) is 2.07. The molecule has 2 fully saturated rings. The van der Waals surface area contributed by atoms with Gasteiger partial charge in [-0.1, -0.05) is 0 Å². The van der Waals surface area contributed by atoms with Crippen LogP contribution in [-0.4, -0.2) is 77.4 Å². The van der Waals surface area contributed by atoms with Crippen molar-refractivity contribution in [3.8, 4) is 5.75 Å². The molecule has 2 saturated heterocycles. The van der Waals surface area contributed by atoms with Gasteiger partial charge in [0, 0.05) is 45.4 Å². The van der Waals surface area contributed by atoms with Gasteiger partial charge in [-0.25, -0.2) is 8.42 Å². The number of sulfone groups is 1. The number of nitrogen functional groups attached to an aromatic ring is 1. The Morgan fingerprint density at radius 1 is 1.12 bits per heavy atom. The van der Waals surface area contributed by atoms with Gasteiger partial charge in [-0.2, -0.15) is 0 Å². The number of hydrogen-bond donors (Lipinski definition) is 1. The van der Waals surface area contributed by atoms with E-state index in [1.807, 2.05) is 18.2 Å². The van der Waals surface area contributed by atoms with Gasteiger partial charge in [0.1, 0.15) is 12.4 Å². The van der Waals surface area contributed by atoms with E-state index in [9.17, 15) is 8.42 Å². The maximum atomic E-state index is 11.6. The Hall–Kier alpha value is -1.51. The molecule has 0 unspecified atom stereocenters. The van der Waals surface area contributed by atoms with Crippen molar-refractivity contribution in [3.05, 3.63) is 18.2 Å². The van der Waals surface area contributed by atoms with Crippen LogP contribution in [0.5, 0.6) is 5.75 Å². The van der Waals surface area contributed by atoms with Crippen LogP contribution in [-0.2, 0) is 14.6 Å². The molecule has 8 heteroatoms. The fourth-order valence-corrected chi connectivity index (χ4v) is 4.95. The van der Waals surface area contributed by atoms with E-state index in [1.54, 1.807) is 7.11 Å². The Morgan fingerprint density at radius 3 is 2.42 bits per heavy atom. The molecule has 0 bridgehead atoms. The maximum absolute atomic E-state index is 11.6. The van der Waals surface area contributed by atoms with Gasteiger partial charge in [0.15, 0.2) is 9.84 Å². The largest absolute Gasteiger partial charge is 0.491 e. The average Bonchev–Trinajstić information content (AvgIpc) is 2.62. The van der Waals surface area contributed by atoms with Gasteiger partial charge in [0.05, 0.1) is 29.5 Å². The lowest BCUT2D eigenvalue weighted by Crippen LogP contribution is -2.50. The van der Waals surface area contributed by atoms with Gasteiger partial charge in [-0.15, -0.1) is 0 Å². The number of nitrogens with zero attached hydrogens (tertiary/aromatic N) is 2. The van der Waals surface area contributed by atoms with Crippen LogP contribution in [0.4, 0.5) is 11.4 Å². The van der Waals surface area contributed by atoms with Crippen molar-refractivity contribution >= 4 is 21.2 Å². The van der Waals surface area contributed by atoms with Gasteiger partial charge in [0.2, 0.25) is 0 Å². The summed E-state index contributed by atoms with van der Waals surface area (Å²) in [6.45, 7) is 4.26. The number of ether oxygens (including phenoxy) is 2. The number of benzene rings is 1. The molecule has 0 spiro atoms. The zero-order valence-corrected chi connectivity index (χ0v) is 16.2. The Kier molecular flexibility index (Phi) is 6.26. The third-order valence-corrected chi connectivity index (χ3v) is 6.86. The lowest BCUT2D eigenvalue weighted by Gasteiger charge is -2.41. The Morgan fingerprint density at radius 2 is 1.81 bits per heavy atom. The second-order valence-corrected chi connectivity index (χ2v) is 9.27. The first-order valence-electron chi connectivity index (χ1n) is 9.19. The van der Waals surface area contributed by atoms with E-state index >= 15 is 0 Å². The summed E-state index contributed by atoms with van der Waals surface area (Å²) in [5.74, 6) is 1.35. The molecule has 26 heavy (non-hydrogen) atoms. The highest BCUT2D eigenvalue weighted by Gasteiger charge is 2.30. The minimum atomic E-state index is -2.81. The monoisotopic (exact) mass is 383 g/mol. The SMILES string of the molecule is COCCOc1ccc(N2CCC(N3CCS(=O)(=O)CC3)CC2)c(N)c1. The van der Waals surface area contributed by atoms with Gasteiger partial charge < -0.3 is 20.1 Å². The molecule has 2 N–H and O–H groups in total. The third-order valence-electron chi connectivity index (χ3n) is 5.26. The molecule has 7 nitrogen and oxygen atoms in total. The van der Waals surface area contributed by atoms with Gasteiger partial charge in [-0.05, 0) is 25.0 Å². The minimum absolute atomic E-state index is 0.296. The lowest BCUT2D eigenvalue weighted by molar-refractivity contribution is 0.146. The summed E-state index contributed by atoms with van der Waals surface area (Å²) in [5.41, 5.74) is 8.00. The smallest absolute Gasteiger partial charge is 0.152 e. The van der Waals surface area contributed by atoms with E-state index in [1.165, 1.54) is 0 Å². The first-order valence-corrected chi connectivity index (χ1v) is 11.0. The molecule has 3 rings (SSSR count). The number of anilines is 2. The van der Waals surface area contributed by atoms with Crippen molar-refractivity contribution in [1.82, 2.24) is 4.90 Å². The van der Waals surface area contributed by atoms with Crippen LogP contribution in [0.3, 0.4) is 0 Å². The highest BCUT2D eigenvalue weighted by Crippen LogP contribution is 2.31. The van der Waals surface area contributed by atoms with Crippen LogP contribution in [0.25, 0.3) is 0 Å². The second-order valence-electron chi connectivity index (χ2n) is 6.97. The van der Waals surface area contributed by atoms with E-state index in [0.29, 0.717) is 43.9 Å². The molecule has 1 aromatic carbocycles. The third kappa shape index (κ3) is 4.81. The molecule has 146 valence electrons. The molecule has 1 aromatic rings. The lowest BCUT2D eigenvalue weighted by atomic mass is 10.0. The topological polar surface area (TPSA) is 85.1 Å². The molecule has 0 amide bonds. The van der Waals surface area contributed by atoms with Crippen molar-refractivity contribution in [2.24, 2.45) is 0 Å². The van der Waals surface area contributed by atoms with Crippen LogP contribution >= 0.6 is 0 Å². The van der Waals surface area contributed by atoms with Crippen LogP contribution in [0.15, 0.2) is 18.2 Å². The summed E-state index contributed by atoms with van der Waals surface area (Å²) in [5, 5.41) is 0. The molecule has 2 heterocycles. The van der Waals surface area contributed by atoms with Crippen LogP contribution in [0.2, 0.25) is 0 Å². The van der Waals surface area contributed by atoms with Gasteiger partial charge in [-0.3, -0.25) is 4.90 Å². The standard InChI is InChI=1S/C18H29N3O4S/c1-24-10-11-25-16-2-3-18(17(19)14-16)21-6-4-15(5-7-21)20-8-12-26(22,23)13-9-20/h2-3,14-15H,4-13,19H2,1H3. The Labute approximate surface area is 156 Å². The van der Waals surface area contributed by atoms with Crippen molar-refractivity contribution < 1.29 is 17.9 Å². The fraction of sp³-hybridized carbons (Fsp3) is 0.667. The normalized spacial score (nSPS) is 21.7. The van der Waals surface area contributed by atoms with E-state index in [0.717, 1.165) is 43.1 Å². The molecular formula is C18H29N3O4S. The molecular weight excluding hydrogens is 354 g/mol. The van der Waals surface area contributed by atoms with Crippen molar-refractivity contribution in [2.45, 2.75) is 18.9 Å². The van der Waals surface area contributed by atoms with Crippen LogP contribution in [0, 0.1) is 0 Å². The number of methoxy groups -OCH3 is 1. The number of nitrogens with two attached hydrogens (primary N) is 1. The highest BCUT2D eigenvalue weighted by molar-refractivity contribution is 7.91. The van der Waals surface area contributed by atoms with Crippen LogP contribution in [0.1, 0.15) is 12.8 Å². The highest BCUT2D eigenvalue weighted by atomic mass is 32.2. The Balaban J connectivity index is 1.53. The molecule has 0 aromatic heterocycles. The number of hydrogen-bond acceptors (Lipinski definition) is 7. The quantitative estimate of drug-likeness (QED) is 0.579. The van der Waals surface area contributed by atoms with Crippen molar-refractivity contribution in [2.75, 3.05) is 68.6 Å². The van der Waals surface area contributed by atoms with E-state index in [2.05, 4.69) is 9.80 Å². The predicted molar refractivity (Wildman–Crippen MR) is 104 cm³/mol. The van der Waals surface area contributed by atoms with Crippen LogP contribution < -0.4 is 15.4 Å². The zero-order chi connectivity index (χ0) is 18.6. The molecule has 0 atom stereocenters. The molecule has 2 aliphatic rings. The van der Waals surface area contributed by atoms with E-state index in [4.69, 9.17) is 15.2 Å². The first-order chi connectivity index (χ1) is 12.5. The fourth-order valence-electron chi connectivity index (χ4n) is 3.72. The predicted octanol–water partition coefficient (Wildman–Crippen LogP) is 0.993. The Bertz CT molecular complexity index is 688. The summed E-state index contributed by atoms with van der Waals surface area (Å²) < 4.78 is 33.8. The van der Waals surface area contributed by atoms with Crippen molar-refractivity contribution in [1.29, 1.82) is 0 Å². The van der Waals surface area contributed by atoms with E-state index < -0.39 is 9.84 Å². The number of piperidine rings is 1. The maximum Gasteiger partial charge on any atom is 0.152 e. The summed E-state index contributed by atoms with van der Waals surface area (Å²) in [4.78, 5) is 4.65. The summed E-state index contributed by atoms with van der Waals surface area (Å²) in [7, 11) is -1.17. The first kappa shape index (κ1) is 19.3. The summed E-state index contributed by atoms with van der Waals surface area (Å²) >= 11 is 0. The van der Waals surface area contributed by atoms with Crippen molar-refractivity contribution in [3.63, 3.8) is 0 Å². The molecule has 0 saturated carbocycles. The second kappa shape index (κ2) is 8.45.